The minimum Gasteiger partial charge on any atom is -0.496 e. The van der Waals surface area contributed by atoms with Gasteiger partial charge in [-0.3, -0.25) is 4.79 Å². The van der Waals surface area contributed by atoms with Crippen LogP contribution in [0.4, 0.5) is 5.69 Å². The third kappa shape index (κ3) is 3.34. The highest BCUT2D eigenvalue weighted by Gasteiger charge is 2.24. The Bertz CT molecular complexity index is 1040. The second kappa shape index (κ2) is 7.06. The SMILES string of the molecule is COc1cc2ccccc2cc1/C=C1\SC(=Nc2ccccc2)NC1=O. The van der Waals surface area contributed by atoms with Crippen molar-refractivity contribution in [3.8, 4) is 5.75 Å². The molecule has 128 valence electrons. The van der Waals surface area contributed by atoms with E-state index in [0.717, 1.165) is 27.8 Å². The van der Waals surface area contributed by atoms with E-state index >= 15 is 0 Å². The molecule has 1 heterocycles. The van der Waals surface area contributed by atoms with E-state index in [1.165, 1.54) is 11.8 Å². The van der Waals surface area contributed by atoms with Crippen LogP contribution in [-0.4, -0.2) is 18.2 Å². The number of para-hydroxylation sites is 1. The van der Waals surface area contributed by atoms with Crippen LogP contribution in [-0.2, 0) is 4.79 Å². The molecule has 3 aromatic rings. The molecule has 0 aliphatic carbocycles. The zero-order valence-electron chi connectivity index (χ0n) is 14.1. The van der Waals surface area contributed by atoms with Gasteiger partial charge in [-0.1, -0.05) is 42.5 Å². The van der Waals surface area contributed by atoms with Crippen LogP contribution in [0.1, 0.15) is 5.56 Å². The van der Waals surface area contributed by atoms with E-state index in [2.05, 4.69) is 10.3 Å². The standard InChI is InChI=1S/C21H16N2O2S/c1-25-18-12-15-8-6-5-7-14(15)11-16(18)13-19-20(24)23-21(26-19)22-17-9-3-2-4-10-17/h2-13H,1H3,(H,22,23,24)/b19-13-. The highest BCUT2D eigenvalue weighted by Crippen LogP contribution is 2.32. The van der Waals surface area contributed by atoms with Gasteiger partial charge in [-0.25, -0.2) is 4.99 Å². The predicted octanol–water partition coefficient (Wildman–Crippen LogP) is 4.74. The van der Waals surface area contributed by atoms with Gasteiger partial charge in [-0.2, -0.15) is 0 Å². The number of nitrogens with one attached hydrogen (secondary N) is 1. The summed E-state index contributed by atoms with van der Waals surface area (Å²) in [5.74, 6) is 0.581. The molecule has 1 aliphatic rings. The number of hydrogen-bond donors (Lipinski definition) is 1. The molecule has 3 aromatic carbocycles. The van der Waals surface area contributed by atoms with Crippen LogP contribution < -0.4 is 10.1 Å². The van der Waals surface area contributed by atoms with E-state index in [1.807, 2.05) is 72.8 Å². The van der Waals surface area contributed by atoms with Crippen molar-refractivity contribution >= 4 is 45.4 Å². The van der Waals surface area contributed by atoms with Gasteiger partial charge >= 0.3 is 0 Å². The molecule has 26 heavy (non-hydrogen) atoms. The van der Waals surface area contributed by atoms with Crippen molar-refractivity contribution in [3.05, 3.63) is 77.2 Å². The van der Waals surface area contributed by atoms with Gasteiger partial charge in [0.05, 0.1) is 17.7 Å². The van der Waals surface area contributed by atoms with Crippen molar-refractivity contribution in [1.82, 2.24) is 5.32 Å². The molecule has 0 saturated carbocycles. The molecule has 1 saturated heterocycles. The average molecular weight is 360 g/mol. The van der Waals surface area contributed by atoms with Crippen molar-refractivity contribution in [2.24, 2.45) is 4.99 Å². The molecule has 1 N–H and O–H groups in total. The number of aliphatic imine (C=N–C) groups is 1. The topological polar surface area (TPSA) is 50.7 Å². The first kappa shape index (κ1) is 16.4. The number of fused-ring (bicyclic) bond motifs is 1. The van der Waals surface area contributed by atoms with E-state index in [1.54, 1.807) is 7.11 Å². The van der Waals surface area contributed by atoms with Crippen molar-refractivity contribution < 1.29 is 9.53 Å². The summed E-state index contributed by atoms with van der Waals surface area (Å²) in [6.45, 7) is 0. The average Bonchev–Trinajstić information content (AvgIpc) is 3.01. The number of thioether (sulfide) groups is 1. The zero-order chi connectivity index (χ0) is 17.9. The summed E-state index contributed by atoms with van der Waals surface area (Å²) in [5, 5.41) is 5.59. The van der Waals surface area contributed by atoms with Gasteiger partial charge in [-0.15, -0.1) is 0 Å². The number of amidine groups is 1. The number of rotatable bonds is 3. The van der Waals surface area contributed by atoms with Crippen LogP contribution in [0.3, 0.4) is 0 Å². The maximum atomic E-state index is 12.3. The minimum absolute atomic E-state index is 0.153. The van der Waals surface area contributed by atoms with E-state index in [0.29, 0.717) is 10.1 Å². The molecule has 4 nitrogen and oxygen atoms in total. The summed E-state index contributed by atoms with van der Waals surface area (Å²) in [4.78, 5) is 17.4. The molecule has 0 unspecified atom stereocenters. The van der Waals surface area contributed by atoms with Gasteiger partial charge in [-0.05, 0) is 52.9 Å². The molecule has 4 rings (SSSR count). The molecule has 1 aliphatic heterocycles. The van der Waals surface area contributed by atoms with Gasteiger partial charge < -0.3 is 10.1 Å². The van der Waals surface area contributed by atoms with Gasteiger partial charge in [0.1, 0.15) is 5.75 Å². The van der Waals surface area contributed by atoms with Crippen LogP contribution in [0.2, 0.25) is 0 Å². The Morgan fingerprint density at radius 3 is 2.42 bits per heavy atom. The lowest BCUT2D eigenvalue weighted by atomic mass is 10.1. The van der Waals surface area contributed by atoms with Crippen molar-refractivity contribution in [3.63, 3.8) is 0 Å². The van der Waals surface area contributed by atoms with Gasteiger partial charge in [0, 0.05) is 5.56 Å². The van der Waals surface area contributed by atoms with Gasteiger partial charge in [0.2, 0.25) is 0 Å². The largest absolute Gasteiger partial charge is 0.496 e. The molecule has 0 atom stereocenters. The van der Waals surface area contributed by atoms with E-state index in [4.69, 9.17) is 4.74 Å². The lowest BCUT2D eigenvalue weighted by Gasteiger charge is -2.07. The number of nitrogens with zero attached hydrogens (tertiary/aromatic N) is 1. The number of ether oxygens (including phenoxy) is 1. The molecular weight excluding hydrogens is 344 g/mol. The predicted molar refractivity (Wildman–Crippen MR) is 108 cm³/mol. The summed E-state index contributed by atoms with van der Waals surface area (Å²) in [7, 11) is 1.64. The molecule has 1 amide bonds. The van der Waals surface area contributed by atoms with E-state index in [-0.39, 0.29) is 5.91 Å². The smallest absolute Gasteiger partial charge is 0.264 e. The normalized spacial score (nSPS) is 17.0. The Kier molecular flexibility index (Phi) is 4.46. The number of amides is 1. The fraction of sp³-hybridized carbons (Fsp3) is 0.0476. The zero-order valence-corrected chi connectivity index (χ0v) is 14.9. The van der Waals surface area contributed by atoms with Crippen LogP contribution in [0.25, 0.3) is 16.8 Å². The maximum absolute atomic E-state index is 12.3. The number of hydrogen-bond acceptors (Lipinski definition) is 4. The van der Waals surface area contributed by atoms with Crippen LogP contribution >= 0.6 is 11.8 Å². The lowest BCUT2D eigenvalue weighted by molar-refractivity contribution is -0.115. The Hall–Kier alpha value is -3.05. The van der Waals surface area contributed by atoms with Gasteiger partial charge in [0.15, 0.2) is 5.17 Å². The molecule has 0 spiro atoms. The molecule has 0 bridgehead atoms. The second-order valence-corrected chi connectivity index (χ2v) is 6.79. The number of carbonyl (C=O) groups excluding carboxylic acids is 1. The van der Waals surface area contributed by atoms with Crippen LogP contribution in [0.5, 0.6) is 5.75 Å². The Morgan fingerprint density at radius 2 is 1.69 bits per heavy atom. The Labute approximate surface area is 155 Å². The molecule has 0 aromatic heterocycles. The monoisotopic (exact) mass is 360 g/mol. The number of methoxy groups -OCH3 is 1. The maximum Gasteiger partial charge on any atom is 0.264 e. The minimum atomic E-state index is -0.153. The summed E-state index contributed by atoms with van der Waals surface area (Å²) in [6, 6.07) is 21.6. The van der Waals surface area contributed by atoms with Crippen molar-refractivity contribution in [2.45, 2.75) is 0 Å². The molecule has 1 fully saturated rings. The third-order valence-electron chi connectivity index (χ3n) is 4.02. The third-order valence-corrected chi connectivity index (χ3v) is 4.93. The second-order valence-electron chi connectivity index (χ2n) is 5.76. The highest BCUT2D eigenvalue weighted by molar-refractivity contribution is 8.18. The summed E-state index contributed by atoms with van der Waals surface area (Å²) in [6.07, 6.45) is 1.85. The summed E-state index contributed by atoms with van der Waals surface area (Å²) >= 11 is 1.33. The quantitative estimate of drug-likeness (QED) is 0.687. The Morgan fingerprint density at radius 1 is 1.00 bits per heavy atom. The Balaban J connectivity index is 1.69. The van der Waals surface area contributed by atoms with Crippen molar-refractivity contribution in [2.75, 3.05) is 7.11 Å². The summed E-state index contributed by atoms with van der Waals surface area (Å²) in [5.41, 5.74) is 1.67. The fourth-order valence-corrected chi connectivity index (χ4v) is 3.60. The van der Waals surface area contributed by atoms with Gasteiger partial charge in [0.25, 0.3) is 5.91 Å². The molecular formula is C21H16N2O2S. The fourth-order valence-electron chi connectivity index (χ4n) is 2.77. The van der Waals surface area contributed by atoms with Crippen LogP contribution in [0.15, 0.2) is 76.6 Å². The van der Waals surface area contributed by atoms with E-state index in [9.17, 15) is 4.79 Å². The first-order chi connectivity index (χ1) is 12.7. The van der Waals surface area contributed by atoms with Crippen molar-refractivity contribution in [1.29, 1.82) is 0 Å². The first-order valence-corrected chi connectivity index (χ1v) is 8.96. The molecule has 5 heteroatoms. The van der Waals surface area contributed by atoms with Crippen LogP contribution in [0, 0.1) is 0 Å². The first-order valence-electron chi connectivity index (χ1n) is 8.14. The highest BCUT2D eigenvalue weighted by atomic mass is 32.2. The molecule has 0 radical (unpaired) electrons. The number of carbonyl (C=O) groups is 1. The summed E-state index contributed by atoms with van der Waals surface area (Å²) < 4.78 is 5.51. The van der Waals surface area contributed by atoms with E-state index < -0.39 is 0 Å². The number of benzene rings is 3. The lowest BCUT2D eigenvalue weighted by Crippen LogP contribution is -2.19.